The first-order valence-corrected chi connectivity index (χ1v) is 8.76. The summed E-state index contributed by atoms with van der Waals surface area (Å²) in [7, 11) is 0. The van der Waals surface area contributed by atoms with Crippen molar-refractivity contribution >= 4 is 5.57 Å². The lowest BCUT2D eigenvalue weighted by Crippen LogP contribution is -2.04. The van der Waals surface area contributed by atoms with Crippen LogP contribution in [0.3, 0.4) is 0 Å². The standard InChI is InChI=1S/C23H26/c1-4-17(2)21-12-8-9-13-22(21)23-16-20(15-14-18(23)3)19-10-6-5-7-11-19/h5-8,10-12,14-17H,4,9,13H2,1-3H3/t17-/m1/s1. The lowest BCUT2D eigenvalue weighted by molar-refractivity contribution is 0.666. The van der Waals surface area contributed by atoms with Crippen LogP contribution in [-0.4, -0.2) is 0 Å². The molecule has 0 saturated heterocycles. The first-order valence-electron chi connectivity index (χ1n) is 8.76. The van der Waals surface area contributed by atoms with Crippen LogP contribution in [0.25, 0.3) is 16.7 Å². The second-order valence-electron chi connectivity index (χ2n) is 6.58. The Morgan fingerprint density at radius 2 is 1.78 bits per heavy atom. The van der Waals surface area contributed by atoms with Gasteiger partial charge in [0.25, 0.3) is 0 Å². The fourth-order valence-corrected chi connectivity index (χ4v) is 3.41. The van der Waals surface area contributed by atoms with Crippen LogP contribution in [0.2, 0.25) is 0 Å². The van der Waals surface area contributed by atoms with Crippen molar-refractivity contribution in [3.8, 4) is 11.1 Å². The van der Waals surface area contributed by atoms with Gasteiger partial charge in [-0.3, -0.25) is 0 Å². The number of hydrogen-bond acceptors (Lipinski definition) is 0. The normalized spacial score (nSPS) is 15.8. The summed E-state index contributed by atoms with van der Waals surface area (Å²) in [6, 6.07) is 17.6. The number of benzene rings is 2. The van der Waals surface area contributed by atoms with Crippen LogP contribution in [0.5, 0.6) is 0 Å². The minimum absolute atomic E-state index is 0.626. The highest BCUT2D eigenvalue weighted by atomic mass is 14.2. The van der Waals surface area contributed by atoms with Crippen molar-refractivity contribution in [2.24, 2.45) is 5.92 Å². The molecule has 0 saturated carbocycles. The molecule has 1 aliphatic carbocycles. The minimum atomic E-state index is 0.626. The van der Waals surface area contributed by atoms with Crippen LogP contribution in [0.15, 0.2) is 66.3 Å². The van der Waals surface area contributed by atoms with Crippen LogP contribution >= 0.6 is 0 Å². The Kier molecular flexibility index (Phi) is 4.81. The summed E-state index contributed by atoms with van der Waals surface area (Å²) >= 11 is 0. The van der Waals surface area contributed by atoms with Crippen molar-refractivity contribution in [3.05, 3.63) is 77.4 Å². The largest absolute Gasteiger partial charge is 0.0839 e. The van der Waals surface area contributed by atoms with Crippen molar-refractivity contribution < 1.29 is 0 Å². The first-order chi connectivity index (χ1) is 11.2. The Morgan fingerprint density at radius 1 is 1.00 bits per heavy atom. The number of allylic oxidation sites excluding steroid dienone is 4. The second-order valence-corrected chi connectivity index (χ2v) is 6.58. The molecule has 0 N–H and O–H groups in total. The Hall–Kier alpha value is -2.08. The third-order valence-electron chi connectivity index (χ3n) is 5.02. The summed E-state index contributed by atoms with van der Waals surface area (Å²) in [5, 5.41) is 0. The van der Waals surface area contributed by atoms with Crippen molar-refractivity contribution in [2.45, 2.75) is 40.0 Å². The predicted molar refractivity (Wildman–Crippen MR) is 101 cm³/mol. The molecular formula is C23H26. The number of aryl methyl sites for hydroxylation is 1. The molecule has 23 heavy (non-hydrogen) atoms. The van der Waals surface area contributed by atoms with E-state index in [1.165, 1.54) is 34.2 Å². The van der Waals surface area contributed by atoms with E-state index in [1.807, 2.05) is 0 Å². The molecule has 0 bridgehead atoms. The molecule has 0 fully saturated rings. The monoisotopic (exact) mass is 302 g/mol. The molecule has 0 spiro atoms. The molecule has 0 heteroatoms. The van der Waals surface area contributed by atoms with Gasteiger partial charge >= 0.3 is 0 Å². The zero-order valence-electron chi connectivity index (χ0n) is 14.5. The predicted octanol–water partition coefficient (Wildman–Crippen LogP) is 6.81. The van der Waals surface area contributed by atoms with Gasteiger partial charge in [-0.2, -0.15) is 0 Å². The summed E-state index contributed by atoms with van der Waals surface area (Å²) in [6.07, 6.45) is 8.21. The van der Waals surface area contributed by atoms with Gasteiger partial charge in [0.05, 0.1) is 0 Å². The van der Waals surface area contributed by atoms with Crippen molar-refractivity contribution in [1.29, 1.82) is 0 Å². The molecule has 0 amide bonds. The maximum Gasteiger partial charge on any atom is -0.0178 e. The van der Waals surface area contributed by atoms with Gasteiger partial charge in [-0.05, 0) is 71.6 Å². The fourth-order valence-electron chi connectivity index (χ4n) is 3.41. The van der Waals surface area contributed by atoms with Crippen molar-refractivity contribution in [3.63, 3.8) is 0 Å². The van der Waals surface area contributed by atoms with E-state index in [2.05, 4.69) is 81.5 Å². The molecular weight excluding hydrogens is 276 g/mol. The number of rotatable bonds is 4. The van der Waals surface area contributed by atoms with Crippen LogP contribution in [0.1, 0.15) is 44.2 Å². The van der Waals surface area contributed by atoms with Crippen LogP contribution in [0, 0.1) is 12.8 Å². The Labute approximate surface area is 140 Å². The minimum Gasteiger partial charge on any atom is -0.0839 e. The van der Waals surface area contributed by atoms with E-state index in [4.69, 9.17) is 0 Å². The highest BCUT2D eigenvalue weighted by Crippen LogP contribution is 2.36. The zero-order chi connectivity index (χ0) is 16.2. The number of hydrogen-bond donors (Lipinski definition) is 0. The fraction of sp³-hybridized carbons (Fsp3) is 0.304. The SMILES string of the molecule is CC[C@@H](C)C1=C(c2cc(-c3ccccc3)ccc2C)CCC=C1. The van der Waals surface area contributed by atoms with Gasteiger partial charge in [0.1, 0.15) is 0 Å². The molecule has 2 aromatic rings. The summed E-state index contributed by atoms with van der Waals surface area (Å²) in [5.41, 5.74) is 8.52. The van der Waals surface area contributed by atoms with Gasteiger partial charge in [0, 0.05) is 0 Å². The maximum absolute atomic E-state index is 2.39. The lowest BCUT2D eigenvalue weighted by atomic mass is 9.82. The summed E-state index contributed by atoms with van der Waals surface area (Å²) in [6.45, 7) is 6.87. The maximum atomic E-state index is 2.39. The van der Waals surface area contributed by atoms with E-state index in [0.29, 0.717) is 5.92 Å². The first kappa shape index (κ1) is 15.8. The molecule has 0 nitrogen and oxygen atoms in total. The average Bonchev–Trinajstić information content (AvgIpc) is 2.62. The highest BCUT2D eigenvalue weighted by molar-refractivity contribution is 5.78. The molecule has 0 unspecified atom stereocenters. The summed E-state index contributed by atoms with van der Waals surface area (Å²) in [5.74, 6) is 0.626. The summed E-state index contributed by atoms with van der Waals surface area (Å²) < 4.78 is 0. The van der Waals surface area contributed by atoms with Crippen molar-refractivity contribution in [1.82, 2.24) is 0 Å². The topological polar surface area (TPSA) is 0 Å². The Balaban J connectivity index is 2.11. The Bertz CT molecular complexity index is 732. The molecule has 0 aliphatic heterocycles. The molecule has 1 atom stereocenters. The van der Waals surface area contributed by atoms with Crippen molar-refractivity contribution in [2.75, 3.05) is 0 Å². The van der Waals surface area contributed by atoms with Crippen LogP contribution in [-0.2, 0) is 0 Å². The Morgan fingerprint density at radius 3 is 2.52 bits per heavy atom. The van der Waals surface area contributed by atoms with Gasteiger partial charge in [-0.15, -0.1) is 0 Å². The van der Waals surface area contributed by atoms with Gasteiger partial charge in [0.2, 0.25) is 0 Å². The second kappa shape index (κ2) is 7.00. The average molecular weight is 302 g/mol. The van der Waals surface area contributed by atoms with E-state index in [1.54, 1.807) is 5.57 Å². The lowest BCUT2D eigenvalue weighted by Gasteiger charge is -2.23. The molecule has 3 rings (SSSR count). The van der Waals surface area contributed by atoms with Crippen LogP contribution in [0.4, 0.5) is 0 Å². The highest BCUT2D eigenvalue weighted by Gasteiger charge is 2.17. The van der Waals surface area contributed by atoms with E-state index < -0.39 is 0 Å². The third-order valence-corrected chi connectivity index (χ3v) is 5.02. The van der Waals surface area contributed by atoms with Gasteiger partial charge in [0.15, 0.2) is 0 Å². The van der Waals surface area contributed by atoms with Gasteiger partial charge in [-0.1, -0.05) is 68.5 Å². The van der Waals surface area contributed by atoms with E-state index >= 15 is 0 Å². The van der Waals surface area contributed by atoms with Gasteiger partial charge < -0.3 is 0 Å². The third kappa shape index (κ3) is 3.32. The van der Waals surface area contributed by atoms with Crippen LogP contribution < -0.4 is 0 Å². The quantitative estimate of drug-likeness (QED) is 0.582. The summed E-state index contributed by atoms with van der Waals surface area (Å²) in [4.78, 5) is 0. The zero-order valence-corrected chi connectivity index (χ0v) is 14.5. The molecule has 0 aromatic heterocycles. The van der Waals surface area contributed by atoms with E-state index in [0.717, 1.165) is 12.8 Å². The molecule has 1 aliphatic rings. The van der Waals surface area contributed by atoms with Gasteiger partial charge in [-0.25, -0.2) is 0 Å². The van der Waals surface area contributed by atoms with E-state index in [-0.39, 0.29) is 0 Å². The van der Waals surface area contributed by atoms with E-state index in [9.17, 15) is 0 Å². The molecule has 0 radical (unpaired) electrons. The molecule has 0 heterocycles. The molecule has 118 valence electrons. The smallest absolute Gasteiger partial charge is 0.0178 e. The molecule has 2 aromatic carbocycles.